The molecule has 0 saturated heterocycles. The molecule has 18 heavy (non-hydrogen) atoms. The van der Waals surface area contributed by atoms with Crippen molar-refractivity contribution in [3.8, 4) is 0 Å². The van der Waals surface area contributed by atoms with Crippen molar-refractivity contribution in [1.29, 1.82) is 0 Å². The van der Waals surface area contributed by atoms with Crippen LogP contribution in [0.2, 0.25) is 5.15 Å². The Morgan fingerprint density at radius 1 is 1.56 bits per heavy atom. The van der Waals surface area contributed by atoms with E-state index in [0.29, 0.717) is 22.8 Å². The number of aryl methyl sites for hydroxylation is 2. The topological polar surface area (TPSA) is 59.8 Å². The number of amides is 1. The Bertz CT molecular complexity index is 579. The van der Waals surface area contributed by atoms with Gasteiger partial charge in [0.05, 0.1) is 11.3 Å². The second kappa shape index (κ2) is 5.18. The number of hydrogen-bond donors (Lipinski definition) is 1. The van der Waals surface area contributed by atoms with Gasteiger partial charge < -0.3 is 5.32 Å². The van der Waals surface area contributed by atoms with E-state index >= 15 is 0 Å². The highest BCUT2D eigenvalue weighted by Gasteiger charge is 2.14. The summed E-state index contributed by atoms with van der Waals surface area (Å²) in [7, 11) is 1.79. The van der Waals surface area contributed by atoms with Crippen LogP contribution in [-0.4, -0.2) is 20.7 Å². The van der Waals surface area contributed by atoms with Crippen molar-refractivity contribution in [3.63, 3.8) is 0 Å². The first-order chi connectivity index (χ1) is 8.60. The summed E-state index contributed by atoms with van der Waals surface area (Å²) in [6.45, 7) is 1.96. The van der Waals surface area contributed by atoms with Crippen molar-refractivity contribution in [2.24, 2.45) is 7.05 Å². The van der Waals surface area contributed by atoms with Gasteiger partial charge in [0, 0.05) is 25.1 Å². The van der Waals surface area contributed by atoms with Crippen LogP contribution in [0, 0.1) is 0 Å². The summed E-state index contributed by atoms with van der Waals surface area (Å²) < 4.78 is 1.63. The fourth-order valence-corrected chi connectivity index (χ4v) is 1.84. The Morgan fingerprint density at radius 2 is 2.33 bits per heavy atom. The molecule has 2 aromatic heterocycles. The van der Waals surface area contributed by atoms with Crippen molar-refractivity contribution >= 4 is 23.2 Å². The number of aromatic nitrogens is 3. The molecule has 2 heterocycles. The molecule has 0 radical (unpaired) electrons. The Balaban J connectivity index is 2.21. The van der Waals surface area contributed by atoms with Crippen molar-refractivity contribution in [1.82, 2.24) is 14.8 Å². The number of pyridine rings is 1. The molecule has 0 aromatic carbocycles. The van der Waals surface area contributed by atoms with E-state index in [-0.39, 0.29) is 5.91 Å². The largest absolute Gasteiger partial charge is 0.322 e. The molecule has 2 aromatic rings. The summed E-state index contributed by atoms with van der Waals surface area (Å²) in [6, 6.07) is 3.28. The van der Waals surface area contributed by atoms with E-state index < -0.39 is 0 Å². The van der Waals surface area contributed by atoms with Crippen molar-refractivity contribution in [3.05, 3.63) is 40.9 Å². The van der Waals surface area contributed by atoms with Crippen LogP contribution < -0.4 is 5.32 Å². The third-order valence-corrected chi connectivity index (χ3v) is 2.68. The molecule has 1 amide bonds. The molecule has 2 rings (SSSR count). The third-order valence-electron chi connectivity index (χ3n) is 2.47. The number of nitrogens with one attached hydrogen (secondary N) is 1. The van der Waals surface area contributed by atoms with Gasteiger partial charge in [0.1, 0.15) is 5.15 Å². The van der Waals surface area contributed by atoms with Gasteiger partial charge in [-0.15, -0.1) is 0 Å². The van der Waals surface area contributed by atoms with Gasteiger partial charge in [0.25, 0.3) is 5.91 Å². The molecular weight excluding hydrogens is 252 g/mol. The van der Waals surface area contributed by atoms with Crippen LogP contribution in [0.3, 0.4) is 0 Å². The van der Waals surface area contributed by atoms with E-state index in [1.807, 2.05) is 6.92 Å². The highest BCUT2D eigenvalue weighted by molar-refractivity contribution is 6.29. The number of carbonyl (C=O) groups is 1. The molecular formula is C12H13ClN4O. The quantitative estimate of drug-likeness (QED) is 0.866. The molecule has 6 heteroatoms. The van der Waals surface area contributed by atoms with Gasteiger partial charge in [-0.05, 0) is 18.6 Å². The Morgan fingerprint density at radius 3 is 3.00 bits per heavy atom. The fourth-order valence-electron chi connectivity index (χ4n) is 1.66. The lowest BCUT2D eigenvalue weighted by Gasteiger charge is -2.04. The fraction of sp³-hybridized carbons (Fsp3) is 0.250. The number of anilines is 1. The Hall–Kier alpha value is -1.88. The van der Waals surface area contributed by atoms with Gasteiger partial charge in [-0.1, -0.05) is 18.5 Å². The molecule has 0 atom stereocenters. The predicted octanol–water partition coefficient (Wildman–Crippen LogP) is 2.28. The third kappa shape index (κ3) is 2.68. The van der Waals surface area contributed by atoms with Gasteiger partial charge >= 0.3 is 0 Å². The molecule has 0 aliphatic heterocycles. The normalized spacial score (nSPS) is 10.4. The minimum atomic E-state index is -0.192. The standard InChI is InChI=1S/C12H13ClN4O/c1-3-10-9(7-17(2)16-10)12(18)15-8-4-5-14-11(13)6-8/h4-7H,3H2,1-2H3,(H,14,15,18). The molecule has 0 saturated carbocycles. The maximum Gasteiger partial charge on any atom is 0.259 e. The SMILES string of the molecule is CCc1nn(C)cc1C(=O)Nc1ccnc(Cl)c1. The second-order valence-electron chi connectivity index (χ2n) is 3.84. The van der Waals surface area contributed by atoms with Gasteiger partial charge in [0.15, 0.2) is 0 Å². The number of carbonyl (C=O) groups excluding carboxylic acids is 1. The zero-order chi connectivity index (χ0) is 13.1. The van der Waals surface area contributed by atoms with Crippen LogP contribution in [0.5, 0.6) is 0 Å². The zero-order valence-electron chi connectivity index (χ0n) is 10.1. The zero-order valence-corrected chi connectivity index (χ0v) is 10.9. The lowest BCUT2D eigenvalue weighted by molar-refractivity contribution is 0.102. The number of rotatable bonds is 3. The van der Waals surface area contributed by atoms with Crippen molar-refractivity contribution in [2.75, 3.05) is 5.32 Å². The summed E-state index contributed by atoms with van der Waals surface area (Å²) in [5, 5.41) is 7.34. The Labute approximate surface area is 110 Å². The molecule has 0 aliphatic rings. The van der Waals surface area contributed by atoms with Crippen LogP contribution in [0.1, 0.15) is 23.0 Å². The van der Waals surface area contributed by atoms with Crippen molar-refractivity contribution in [2.45, 2.75) is 13.3 Å². The van der Waals surface area contributed by atoms with E-state index in [9.17, 15) is 4.79 Å². The smallest absolute Gasteiger partial charge is 0.259 e. The van der Waals surface area contributed by atoms with Gasteiger partial charge in [-0.2, -0.15) is 5.10 Å². The van der Waals surface area contributed by atoms with Crippen LogP contribution >= 0.6 is 11.6 Å². The molecule has 94 valence electrons. The molecule has 5 nitrogen and oxygen atoms in total. The first-order valence-electron chi connectivity index (χ1n) is 5.55. The van der Waals surface area contributed by atoms with Crippen molar-refractivity contribution < 1.29 is 4.79 Å². The lowest BCUT2D eigenvalue weighted by Crippen LogP contribution is -2.13. The van der Waals surface area contributed by atoms with E-state index in [4.69, 9.17) is 11.6 Å². The Kier molecular flexibility index (Phi) is 3.62. The van der Waals surface area contributed by atoms with E-state index in [1.165, 1.54) is 0 Å². The summed E-state index contributed by atoms with van der Waals surface area (Å²) in [4.78, 5) is 15.9. The lowest BCUT2D eigenvalue weighted by atomic mass is 10.2. The number of hydrogen-bond acceptors (Lipinski definition) is 3. The molecule has 0 aliphatic carbocycles. The average molecular weight is 265 g/mol. The minimum absolute atomic E-state index is 0.192. The van der Waals surface area contributed by atoms with E-state index in [1.54, 1.807) is 36.3 Å². The monoisotopic (exact) mass is 264 g/mol. The summed E-state index contributed by atoms with van der Waals surface area (Å²) in [5.41, 5.74) is 1.97. The molecule has 0 fully saturated rings. The van der Waals surface area contributed by atoms with Gasteiger partial charge in [-0.25, -0.2) is 4.98 Å². The molecule has 0 bridgehead atoms. The van der Waals surface area contributed by atoms with Crippen LogP contribution in [0.15, 0.2) is 24.5 Å². The molecule has 0 spiro atoms. The van der Waals surface area contributed by atoms with Gasteiger partial charge in [0.2, 0.25) is 0 Å². The van der Waals surface area contributed by atoms with Crippen LogP contribution in [0.4, 0.5) is 5.69 Å². The highest BCUT2D eigenvalue weighted by atomic mass is 35.5. The summed E-state index contributed by atoms with van der Waals surface area (Å²) >= 11 is 5.76. The average Bonchev–Trinajstić information content (AvgIpc) is 2.70. The summed E-state index contributed by atoms with van der Waals surface area (Å²) in [5.74, 6) is -0.192. The second-order valence-corrected chi connectivity index (χ2v) is 4.23. The minimum Gasteiger partial charge on any atom is -0.322 e. The van der Waals surface area contributed by atoms with Crippen LogP contribution in [0.25, 0.3) is 0 Å². The van der Waals surface area contributed by atoms with Crippen LogP contribution in [-0.2, 0) is 13.5 Å². The number of nitrogens with zero attached hydrogens (tertiary/aromatic N) is 3. The maximum absolute atomic E-state index is 12.1. The molecule has 1 N–H and O–H groups in total. The highest BCUT2D eigenvalue weighted by Crippen LogP contribution is 2.14. The molecule has 0 unspecified atom stereocenters. The van der Waals surface area contributed by atoms with E-state index in [2.05, 4.69) is 15.4 Å². The van der Waals surface area contributed by atoms with E-state index in [0.717, 1.165) is 5.69 Å². The maximum atomic E-state index is 12.1. The first-order valence-corrected chi connectivity index (χ1v) is 5.93. The predicted molar refractivity (Wildman–Crippen MR) is 69.8 cm³/mol. The number of halogens is 1. The summed E-state index contributed by atoms with van der Waals surface area (Å²) in [6.07, 6.45) is 3.96. The first kappa shape index (κ1) is 12.6. The van der Waals surface area contributed by atoms with Gasteiger partial charge in [-0.3, -0.25) is 9.48 Å².